The first kappa shape index (κ1) is 24.4. The maximum Gasteiger partial charge on any atom is 0.188 e. The predicted molar refractivity (Wildman–Crippen MR) is 137 cm³/mol. The Labute approximate surface area is 210 Å². The Morgan fingerprint density at radius 3 is 2.61 bits per heavy atom. The third-order valence-electron chi connectivity index (χ3n) is 5.95. The molecule has 0 amide bonds. The zero-order valence-electron chi connectivity index (χ0n) is 18.7. The van der Waals surface area contributed by atoms with Gasteiger partial charge in [0.1, 0.15) is 0 Å². The maximum atomic E-state index is 12.7. The normalized spacial score (nSPS) is 18.1. The van der Waals surface area contributed by atoms with Crippen molar-refractivity contribution in [2.75, 3.05) is 51.8 Å². The van der Waals surface area contributed by atoms with Gasteiger partial charge in [0.2, 0.25) is 0 Å². The number of ketones is 1. The van der Waals surface area contributed by atoms with Crippen LogP contribution in [0.1, 0.15) is 23.2 Å². The van der Waals surface area contributed by atoms with Gasteiger partial charge in [-0.15, -0.1) is 0 Å². The number of morpholine rings is 1. The molecule has 1 N–H and O–H groups in total. The molecule has 0 atom stereocenters. The molecule has 5 nitrogen and oxygen atoms in total. The Balaban J connectivity index is 1.42. The minimum Gasteiger partial charge on any atom is -0.382 e. The number of likely N-dealkylation sites (tertiary alicyclic amines) is 1. The average molecular weight is 506 g/mol. The van der Waals surface area contributed by atoms with E-state index in [2.05, 4.69) is 40.4 Å². The van der Waals surface area contributed by atoms with Gasteiger partial charge in [-0.1, -0.05) is 41.0 Å². The minimum atomic E-state index is -0.158. The van der Waals surface area contributed by atoms with Crippen molar-refractivity contribution in [3.8, 4) is 0 Å². The molecule has 8 heteroatoms. The number of carbonyl (C=O) groups excluding carboxylic acids is 1. The number of ether oxygens (including phenoxy) is 1. The molecular formula is C25H29Cl2N3O2S. The zero-order chi connectivity index (χ0) is 23.2. The van der Waals surface area contributed by atoms with E-state index in [0.717, 1.165) is 54.5 Å². The van der Waals surface area contributed by atoms with Crippen molar-refractivity contribution in [3.63, 3.8) is 0 Å². The number of hydrogen-bond acceptors (Lipinski definition) is 6. The highest BCUT2D eigenvalue weighted by atomic mass is 35.5. The lowest BCUT2D eigenvalue weighted by Crippen LogP contribution is -2.36. The van der Waals surface area contributed by atoms with Gasteiger partial charge in [0.25, 0.3) is 0 Å². The minimum absolute atomic E-state index is 0.158. The molecule has 33 heavy (non-hydrogen) atoms. The molecule has 0 spiro atoms. The van der Waals surface area contributed by atoms with E-state index in [4.69, 9.17) is 27.9 Å². The number of rotatable bonds is 7. The summed E-state index contributed by atoms with van der Waals surface area (Å²) in [6, 6.07) is 12.4. The second-order valence-corrected chi connectivity index (χ2v) is 10.3. The van der Waals surface area contributed by atoms with E-state index >= 15 is 0 Å². The standard InChI is InChI=1S/C25H29Cl2N3O2S/c1-29-10-7-18(8-11-29)28-19-3-2-4-20(17-19)33-23-6-5-21(24(26)25(23)27)22(31)9-12-30-13-15-32-16-14-30/h2-6,9,12,17-18,28H,7-8,10-11,13-16H2,1H3. The molecule has 4 rings (SSSR count). The Morgan fingerprint density at radius 1 is 1.09 bits per heavy atom. The highest BCUT2D eigenvalue weighted by Gasteiger charge is 2.18. The highest BCUT2D eigenvalue weighted by molar-refractivity contribution is 7.99. The summed E-state index contributed by atoms with van der Waals surface area (Å²) in [5.41, 5.74) is 1.52. The Bertz CT molecular complexity index is 1000. The van der Waals surface area contributed by atoms with Crippen molar-refractivity contribution in [2.24, 2.45) is 0 Å². The van der Waals surface area contributed by atoms with Crippen LogP contribution in [0.15, 0.2) is 58.5 Å². The second kappa shape index (κ2) is 11.6. The van der Waals surface area contributed by atoms with Crippen LogP contribution < -0.4 is 5.32 Å². The van der Waals surface area contributed by atoms with E-state index in [1.807, 2.05) is 12.1 Å². The van der Waals surface area contributed by atoms with Crippen LogP contribution in [0.5, 0.6) is 0 Å². The number of piperidine rings is 1. The Kier molecular flexibility index (Phi) is 8.61. The van der Waals surface area contributed by atoms with Crippen molar-refractivity contribution >= 4 is 46.4 Å². The molecule has 2 heterocycles. The molecule has 2 aliphatic rings. The summed E-state index contributed by atoms with van der Waals surface area (Å²) in [5, 5.41) is 4.35. The van der Waals surface area contributed by atoms with Crippen LogP contribution in [0.4, 0.5) is 5.69 Å². The monoisotopic (exact) mass is 505 g/mol. The highest BCUT2D eigenvalue weighted by Crippen LogP contribution is 2.39. The summed E-state index contributed by atoms with van der Waals surface area (Å²) in [6.07, 6.45) is 5.64. The van der Waals surface area contributed by atoms with E-state index in [1.54, 1.807) is 30.1 Å². The molecule has 2 saturated heterocycles. The molecule has 0 radical (unpaired) electrons. The van der Waals surface area contributed by atoms with Crippen molar-refractivity contribution < 1.29 is 9.53 Å². The number of anilines is 1. The van der Waals surface area contributed by atoms with Gasteiger partial charge in [-0.25, -0.2) is 0 Å². The van der Waals surface area contributed by atoms with Gasteiger partial charge in [0.05, 0.1) is 23.3 Å². The third-order valence-corrected chi connectivity index (χ3v) is 7.99. The number of carbonyl (C=O) groups is 1. The lowest BCUT2D eigenvalue weighted by molar-refractivity contribution is 0.0591. The first-order valence-corrected chi connectivity index (χ1v) is 12.8. The van der Waals surface area contributed by atoms with E-state index in [-0.39, 0.29) is 5.78 Å². The molecule has 176 valence electrons. The summed E-state index contributed by atoms with van der Waals surface area (Å²) in [5.74, 6) is -0.158. The molecule has 2 aromatic carbocycles. The molecule has 0 bridgehead atoms. The summed E-state index contributed by atoms with van der Waals surface area (Å²) < 4.78 is 5.33. The molecule has 0 saturated carbocycles. The lowest BCUT2D eigenvalue weighted by atomic mass is 10.1. The van der Waals surface area contributed by atoms with Crippen LogP contribution in [-0.2, 0) is 4.74 Å². The number of allylic oxidation sites excluding steroid dienone is 1. The van der Waals surface area contributed by atoms with Crippen LogP contribution in [0, 0.1) is 0 Å². The smallest absolute Gasteiger partial charge is 0.188 e. The topological polar surface area (TPSA) is 44.8 Å². The number of nitrogens with zero attached hydrogens (tertiary/aromatic N) is 2. The second-order valence-electron chi connectivity index (χ2n) is 8.42. The number of nitrogens with one attached hydrogen (secondary N) is 1. The summed E-state index contributed by atoms with van der Waals surface area (Å²) in [6.45, 7) is 5.14. The molecule has 2 aliphatic heterocycles. The molecule has 0 aromatic heterocycles. The van der Waals surface area contributed by atoms with Crippen molar-refractivity contribution in [2.45, 2.75) is 28.7 Å². The van der Waals surface area contributed by atoms with E-state index in [1.165, 1.54) is 0 Å². The Morgan fingerprint density at radius 2 is 1.85 bits per heavy atom. The van der Waals surface area contributed by atoms with Crippen molar-refractivity contribution in [3.05, 3.63) is 64.3 Å². The fraction of sp³-hybridized carbons (Fsp3) is 0.400. The molecule has 2 fully saturated rings. The summed E-state index contributed by atoms with van der Waals surface area (Å²) in [4.78, 5) is 19.0. The quantitative estimate of drug-likeness (QED) is 0.385. The van der Waals surface area contributed by atoms with Crippen LogP contribution in [-0.4, -0.2) is 68.1 Å². The number of benzene rings is 2. The summed E-state index contributed by atoms with van der Waals surface area (Å²) >= 11 is 14.6. The van der Waals surface area contributed by atoms with Crippen LogP contribution in [0.2, 0.25) is 10.0 Å². The fourth-order valence-electron chi connectivity index (χ4n) is 3.96. The van der Waals surface area contributed by atoms with E-state index in [0.29, 0.717) is 34.9 Å². The van der Waals surface area contributed by atoms with Gasteiger partial charge in [-0.2, -0.15) is 0 Å². The largest absolute Gasteiger partial charge is 0.382 e. The van der Waals surface area contributed by atoms with Gasteiger partial charge in [0, 0.05) is 52.4 Å². The van der Waals surface area contributed by atoms with Crippen molar-refractivity contribution in [1.29, 1.82) is 0 Å². The first-order valence-electron chi connectivity index (χ1n) is 11.2. The fourth-order valence-corrected chi connectivity index (χ4v) is 5.46. The van der Waals surface area contributed by atoms with Crippen LogP contribution >= 0.6 is 35.0 Å². The number of hydrogen-bond donors (Lipinski definition) is 1. The Hall–Kier alpha value is -1.70. The lowest BCUT2D eigenvalue weighted by Gasteiger charge is -2.30. The van der Waals surface area contributed by atoms with Gasteiger partial charge in [0.15, 0.2) is 5.78 Å². The number of halogens is 2. The molecule has 0 unspecified atom stereocenters. The van der Waals surface area contributed by atoms with E-state index < -0.39 is 0 Å². The van der Waals surface area contributed by atoms with Gasteiger partial charge < -0.3 is 19.9 Å². The summed E-state index contributed by atoms with van der Waals surface area (Å²) in [7, 11) is 2.17. The molecule has 2 aromatic rings. The average Bonchev–Trinajstić information content (AvgIpc) is 2.83. The predicted octanol–water partition coefficient (Wildman–Crippen LogP) is 5.68. The first-order chi connectivity index (χ1) is 16.0. The molecule has 0 aliphatic carbocycles. The van der Waals surface area contributed by atoms with Crippen LogP contribution in [0.25, 0.3) is 0 Å². The maximum absolute atomic E-state index is 12.7. The molecular weight excluding hydrogens is 477 g/mol. The SMILES string of the molecule is CN1CCC(Nc2cccc(Sc3ccc(C(=O)C=CN4CCOCC4)c(Cl)c3Cl)c2)CC1. The van der Waals surface area contributed by atoms with Gasteiger partial charge >= 0.3 is 0 Å². The van der Waals surface area contributed by atoms with Gasteiger partial charge in [-0.05, 0) is 63.3 Å². The van der Waals surface area contributed by atoms with E-state index in [9.17, 15) is 4.79 Å². The van der Waals surface area contributed by atoms with Crippen LogP contribution in [0.3, 0.4) is 0 Å². The third kappa shape index (κ3) is 6.67. The van der Waals surface area contributed by atoms with Crippen molar-refractivity contribution in [1.82, 2.24) is 9.80 Å². The zero-order valence-corrected chi connectivity index (χ0v) is 21.1. The van der Waals surface area contributed by atoms with Gasteiger partial charge in [-0.3, -0.25) is 4.79 Å².